The van der Waals surface area contributed by atoms with E-state index in [0.717, 1.165) is 30.5 Å². The molecule has 1 aliphatic rings. The van der Waals surface area contributed by atoms with Gasteiger partial charge in [0.25, 0.3) is 0 Å². The number of hydrogen-bond acceptors (Lipinski definition) is 3. The predicted molar refractivity (Wildman–Crippen MR) is 76.3 cm³/mol. The second-order valence-corrected chi connectivity index (χ2v) is 7.18. The Labute approximate surface area is 115 Å². The smallest absolute Gasteiger partial charge is 0.212 e. The molecule has 1 aromatic rings. The van der Waals surface area contributed by atoms with Gasteiger partial charge in [-0.3, -0.25) is 4.98 Å². The van der Waals surface area contributed by atoms with Gasteiger partial charge in [0.2, 0.25) is 10.0 Å². The van der Waals surface area contributed by atoms with Crippen LogP contribution in [-0.4, -0.2) is 19.2 Å². The molecule has 0 radical (unpaired) electrons. The van der Waals surface area contributed by atoms with E-state index in [1.54, 1.807) is 6.20 Å². The van der Waals surface area contributed by atoms with Crippen LogP contribution in [0.4, 0.5) is 0 Å². The molecule has 5 heteroatoms. The lowest BCUT2D eigenvalue weighted by atomic mass is 10.1. The maximum absolute atomic E-state index is 12.1. The Bertz CT molecular complexity index is 524. The van der Waals surface area contributed by atoms with Crippen molar-refractivity contribution >= 4 is 10.0 Å². The first-order valence-corrected chi connectivity index (χ1v) is 8.60. The van der Waals surface area contributed by atoms with Crippen molar-refractivity contribution in [3.05, 3.63) is 29.6 Å². The Morgan fingerprint density at radius 3 is 2.79 bits per heavy atom. The van der Waals surface area contributed by atoms with Gasteiger partial charge in [0, 0.05) is 6.20 Å². The highest BCUT2D eigenvalue weighted by molar-refractivity contribution is 7.89. The number of aromatic nitrogens is 1. The molecule has 1 fully saturated rings. The lowest BCUT2D eigenvalue weighted by molar-refractivity contribution is 0.517. The highest BCUT2D eigenvalue weighted by atomic mass is 32.2. The fraction of sp³-hybridized carbons (Fsp3) is 0.643. The monoisotopic (exact) mass is 282 g/mol. The second-order valence-electron chi connectivity index (χ2n) is 5.31. The second kappa shape index (κ2) is 6.01. The minimum absolute atomic E-state index is 0.150. The van der Waals surface area contributed by atoms with E-state index in [9.17, 15) is 8.42 Å². The van der Waals surface area contributed by atoms with Gasteiger partial charge in [0.15, 0.2) is 0 Å². The summed E-state index contributed by atoms with van der Waals surface area (Å²) in [6, 6.07) is 3.72. The molecule has 19 heavy (non-hydrogen) atoms. The summed E-state index contributed by atoms with van der Waals surface area (Å²) in [4.78, 5) is 4.38. The number of sulfonamides is 1. The van der Waals surface area contributed by atoms with Crippen LogP contribution >= 0.6 is 0 Å². The zero-order valence-corrected chi connectivity index (χ0v) is 12.4. The van der Waals surface area contributed by atoms with Crippen LogP contribution in [0.1, 0.15) is 49.9 Å². The number of unbranched alkanes of at least 4 members (excludes halogenated alkanes) is 1. The van der Waals surface area contributed by atoms with Crippen LogP contribution in [0, 0.1) is 12.8 Å². The number of hydrogen-bond donors (Lipinski definition) is 1. The molecule has 1 aromatic heterocycles. The molecule has 0 unspecified atom stereocenters. The number of nitrogens with one attached hydrogen (secondary N) is 1. The van der Waals surface area contributed by atoms with E-state index in [0.29, 0.717) is 12.3 Å². The minimum Gasteiger partial charge on any atom is -0.259 e. The van der Waals surface area contributed by atoms with E-state index in [2.05, 4.69) is 9.71 Å². The fourth-order valence-electron chi connectivity index (χ4n) is 2.22. The van der Waals surface area contributed by atoms with Gasteiger partial charge in [-0.2, -0.15) is 0 Å². The first-order valence-electron chi connectivity index (χ1n) is 6.95. The topological polar surface area (TPSA) is 59.1 Å². The van der Waals surface area contributed by atoms with Crippen LogP contribution in [0.5, 0.6) is 0 Å². The third-order valence-electron chi connectivity index (χ3n) is 3.51. The molecular weight excluding hydrogens is 260 g/mol. The Morgan fingerprint density at radius 1 is 1.47 bits per heavy atom. The van der Waals surface area contributed by atoms with Gasteiger partial charge in [-0.25, -0.2) is 13.1 Å². The maximum Gasteiger partial charge on any atom is 0.212 e. The van der Waals surface area contributed by atoms with Crippen LogP contribution < -0.4 is 4.72 Å². The predicted octanol–water partition coefficient (Wildman–Crippen LogP) is 2.56. The summed E-state index contributed by atoms with van der Waals surface area (Å²) in [6.07, 6.45) is 5.48. The van der Waals surface area contributed by atoms with Crippen molar-refractivity contribution in [2.24, 2.45) is 5.92 Å². The fourth-order valence-corrected chi connectivity index (χ4v) is 3.69. The van der Waals surface area contributed by atoms with Crippen LogP contribution in [0.3, 0.4) is 0 Å². The number of aryl methyl sites for hydroxylation is 1. The molecule has 0 aliphatic heterocycles. The van der Waals surface area contributed by atoms with Crippen molar-refractivity contribution in [1.82, 2.24) is 9.71 Å². The minimum atomic E-state index is -3.20. The van der Waals surface area contributed by atoms with Gasteiger partial charge in [0.05, 0.1) is 17.5 Å². The van der Waals surface area contributed by atoms with Gasteiger partial charge in [-0.1, -0.05) is 19.4 Å². The summed E-state index contributed by atoms with van der Waals surface area (Å²) >= 11 is 0. The summed E-state index contributed by atoms with van der Waals surface area (Å²) in [5.74, 6) is 0.614. The molecule has 4 nitrogen and oxygen atoms in total. The van der Waals surface area contributed by atoms with Crippen LogP contribution in [-0.2, 0) is 10.0 Å². The molecule has 1 saturated carbocycles. The lowest BCUT2D eigenvalue weighted by Gasteiger charge is -2.19. The maximum atomic E-state index is 12.1. The van der Waals surface area contributed by atoms with Gasteiger partial charge in [0.1, 0.15) is 0 Å². The zero-order valence-electron chi connectivity index (χ0n) is 11.6. The summed E-state index contributed by atoms with van der Waals surface area (Å²) in [5.41, 5.74) is 1.93. The normalized spacial score (nSPS) is 17.4. The van der Waals surface area contributed by atoms with Crippen molar-refractivity contribution in [2.45, 2.75) is 45.6 Å². The van der Waals surface area contributed by atoms with Crippen molar-refractivity contribution in [3.8, 4) is 0 Å². The Morgan fingerprint density at radius 2 is 2.21 bits per heavy atom. The third-order valence-corrected chi connectivity index (χ3v) is 4.95. The van der Waals surface area contributed by atoms with Crippen LogP contribution in [0.2, 0.25) is 0 Å². The van der Waals surface area contributed by atoms with Crippen LogP contribution in [0.25, 0.3) is 0 Å². The molecule has 1 heterocycles. The first-order chi connectivity index (χ1) is 9.03. The average molecular weight is 282 g/mol. The van der Waals surface area contributed by atoms with E-state index < -0.39 is 10.0 Å². The van der Waals surface area contributed by atoms with E-state index in [4.69, 9.17) is 0 Å². The molecule has 2 rings (SSSR count). The van der Waals surface area contributed by atoms with Gasteiger partial charge in [-0.15, -0.1) is 0 Å². The third kappa shape index (κ3) is 4.01. The summed E-state index contributed by atoms with van der Waals surface area (Å²) in [6.45, 7) is 3.98. The molecule has 1 atom stereocenters. The summed E-state index contributed by atoms with van der Waals surface area (Å²) < 4.78 is 27.0. The molecule has 1 aliphatic carbocycles. The standard InChI is InChI=1S/C14H22N2O2S/c1-3-4-10-19(17,18)16-14(12-7-8-12)13-11(2)6-5-9-15-13/h5-6,9,12,14,16H,3-4,7-8,10H2,1-2H3/t14-/m1/s1. The number of nitrogens with zero attached hydrogens (tertiary/aromatic N) is 1. The van der Waals surface area contributed by atoms with Gasteiger partial charge < -0.3 is 0 Å². The Kier molecular flexibility index (Phi) is 4.58. The highest BCUT2D eigenvalue weighted by Crippen LogP contribution is 2.41. The zero-order chi connectivity index (χ0) is 13.9. The van der Waals surface area contributed by atoms with Crippen molar-refractivity contribution in [2.75, 3.05) is 5.75 Å². The first kappa shape index (κ1) is 14.5. The SMILES string of the molecule is CCCCS(=O)(=O)N[C@@H](c1ncccc1C)C1CC1. The Hall–Kier alpha value is -0.940. The molecule has 0 aromatic carbocycles. The molecule has 1 N–H and O–H groups in total. The van der Waals surface area contributed by atoms with Crippen molar-refractivity contribution < 1.29 is 8.42 Å². The molecule has 106 valence electrons. The van der Waals surface area contributed by atoms with E-state index in [1.807, 2.05) is 26.0 Å². The Balaban J connectivity index is 2.16. The molecular formula is C14H22N2O2S. The number of rotatable bonds is 7. The molecule has 0 saturated heterocycles. The molecule has 0 bridgehead atoms. The number of pyridine rings is 1. The van der Waals surface area contributed by atoms with Crippen LogP contribution in [0.15, 0.2) is 18.3 Å². The lowest BCUT2D eigenvalue weighted by Crippen LogP contribution is -2.32. The van der Waals surface area contributed by atoms with Gasteiger partial charge >= 0.3 is 0 Å². The summed E-state index contributed by atoms with van der Waals surface area (Å²) in [7, 11) is -3.20. The van der Waals surface area contributed by atoms with E-state index >= 15 is 0 Å². The van der Waals surface area contributed by atoms with Crippen molar-refractivity contribution in [3.63, 3.8) is 0 Å². The molecule has 0 spiro atoms. The van der Waals surface area contributed by atoms with E-state index in [1.165, 1.54) is 0 Å². The summed E-state index contributed by atoms with van der Waals surface area (Å²) in [5, 5.41) is 0. The quantitative estimate of drug-likeness (QED) is 0.836. The average Bonchev–Trinajstić information content (AvgIpc) is 3.19. The largest absolute Gasteiger partial charge is 0.259 e. The van der Waals surface area contributed by atoms with Gasteiger partial charge in [-0.05, 0) is 43.7 Å². The highest BCUT2D eigenvalue weighted by Gasteiger charge is 2.36. The molecule has 0 amide bonds. The van der Waals surface area contributed by atoms with E-state index in [-0.39, 0.29) is 11.8 Å². The van der Waals surface area contributed by atoms with Crippen molar-refractivity contribution in [1.29, 1.82) is 0 Å².